The van der Waals surface area contributed by atoms with Crippen LogP contribution < -0.4 is 0 Å². The maximum atomic E-state index is 9.55. The maximum absolute atomic E-state index is 9.55. The quantitative estimate of drug-likeness (QED) is 0.473. The fraction of sp³-hybridized carbons (Fsp3) is 0.692. The standard InChI is InChI=1S/C10H16IO.3CH3.Sn/c1-3-5-9(8-12)6-7-10(11)4-2;;;;/h3-4,9,12H,6-8H2,1-2H3;3*1H3;/b5-3?,10-4+;;;;. The first-order chi connectivity index (χ1) is 7.36. The van der Waals surface area contributed by atoms with Crippen LogP contribution >= 0.6 is 22.6 Å². The van der Waals surface area contributed by atoms with E-state index in [4.69, 9.17) is 0 Å². The van der Waals surface area contributed by atoms with E-state index < -0.39 is 18.4 Å². The fourth-order valence-corrected chi connectivity index (χ4v) is 9.03. The topological polar surface area (TPSA) is 20.2 Å². The van der Waals surface area contributed by atoms with Crippen molar-refractivity contribution in [1.29, 1.82) is 0 Å². The van der Waals surface area contributed by atoms with E-state index in [0.717, 1.165) is 12.8 Å². The van der Waals surface area contributed by atoms with Crippen molar-refractivity contribution < 1.29 is 5.11 Å². The number of hydrogen-bond donors (Lipinski definition) is 1. The molecule has 0 saturated heterocycles. The van der Waals surface area contributed by atoms with Crippen molar-refractivity contribution in [3.05, 3.63) is 19.3 Å². The normalized spacial score (nSPS) is 16.4. The SMILES string of the molecule is C/C=C(/I)CCC(CO)/[C](=C\C)[Sn]([CH3])([CH3])[CH3]. The summed E-state index contributed by atoms with van der Waals surface area (Å²) in [5.41, 5.74) is 0. The summed E-state index contributed by atoms with van der Waals surface area (Å²) in [6.45, 7) is 4.51. The number of rotatable bonds is 6. The van der Waals surface area contributed by atoms with Gasteiger partial charge in [0.15, 0.2) is 0 Å². The Hall–Kier alpha value is 0.969. The average molecular weight is 443 g/mol. The van der Waals surface area contributed by atoms with E-state index in [2.05, 4.69) is 63.4 Å². The third-order valence-electron chi connectivity index (χ3n) is 2.88. The van der Waals surface area contributed by atoms with Gasteiger partial charge in [0.1, 0.15) is 0 Å². The number of aliphatic hydroxyl groups excluding tert-OH is 1. The minimum atomic E-state index is -2.01. The summed E-state index contributed by atoms with van der Waals surface area (Å²) < 4.78 is 2.98. The predicted octanol–water partition coefficient (Wildman–Crippen LogP) is 4.54. The molecule has 0 radical (unpaired) electrons. The van der Waals surface area contributed by atoms with Crippen LogP contribution in [0.1, 0.15) is 26.7 Å². The molecule has 94 valence electrons. The Labute approximate surface area is 118 Å². The predicted molar refractivity (Wildman–Crippen MR) is 84.7 cm³/mol. The van der Waals surface area contributed by atoms with E-state index in [9.17, 15) is 5.11 Å². The molecule has 0 heterocycles. The van der Waals surface area contributed by atoms with Crippen molar-refractivity contribution in [2.75, 3.05) is 6.61 Å². The summed E-state index contributed by atoms with van der Waals surface area (Å²) in [4.78, 5) is 7.27. The van der Waals surface area contributed by atoms with Gasteiger partial charge in [-0.25, -0.2) is 0 Å². The first-order valence-electron chi connectivity index (χ1n) is 5.95. The summed E-state index contributed by atoms with van der Waals surface area (Å²) in [7, 11) is 0. The van der Waals surface area contributed by atoms with Crippen molar-refractivity contribution in [2.24, 2.45) is 5.92 Å². The van der Waals surface area contributed by atoms with Crippen molar-refractivity contribution in [2.45, 2.75) is 41.5 Å². The Morgan fingerprint density at radius 3 is 2.12 bits per heavy atom. The van der Waals surface area contributed by atoms with E-state index >= 15 is 0 Å². The molecule has 0 aliphatic rings. The van der Waals surface area contributed by atoms with Crippen molar-refractivity contribution in [1.82, 2.24) is 0 Å². The van der Waals surface area contributed by atoms with Gasteiger partial charge >= 0.3 is 119 Å². The second-order valence-corrected chi connectivity index (χ2v) is 21.0. The Morgan fingerprint density at radius 1 is 1.25 bits per heavy atom. The Kier molecular flexibility index (Phi) is 8.63. The molecule has 0 bridgehead atoms. The molecule has 1 N–H and O–H groups in total. The van der Waals surface area contributed by atoms with Crippen molar-refractivity contribution >= 4 is 41.0 Å². The van der Waals surface area contributed by atoms with Gasteiger partial charge < -0.3 is 0 Å². The fourth-order valence-electron chi connectivity index (χ4n) is 2.08. The monoisotopic (exact) mass is 444 g/mol. The van der Waals surface area contributed by atoms with E-state index in [1.165, 1.54) is 3.58 Å². The molecule has 0 amide bonds. The Balaban J connectivity index is 4.60. The molecule has 0 aliphatic heterocycles. The minimum absolute atomic E-state index is 0.307. The van der Waals surface area contributed by atoms with Crippen LogP contribution in [0.3, 0.4) is 0 Å². The Morgan fingerprint density at radius 2 is 1.81 bits per heavy atom. The molecular weight excluding hydrogens is 418 g/mol. The van der Waals surface area contributed by atoms with Crippen LogP contribution in [0.25, 0.3) is 0 Å². The molecule has 0 aliphatic carbocycles. The molecule has 1 atom stereocenters. The zero-order valence-corrected chi connectivity index (χ0v) is 16.2. The van der Waals surface area contributed by atoms with Gasteiger partial charge in [-0.3, -0.25) is 0 Å². The molecule has 1 unspecified atom stereocenters. The Bertz CT molecular complexity index is 264. The van der Waals surface area contributed by atoms with Gasteiger partial charge in [0.2, 0.25) is 0 Å². The molecule has 0 spiro atoms. The number of hydrogen-bond acceptors (Lipinski definition) is 1. The second-order valence-electron chi connectivity index (χ2n) is 5.15. The zero-order chi connectivity index (χ0) is 12.8. The van der Waals surface area contributed by atoms with Crippen LogP contribution in [0.15, 0.2) is 19.3 Å². The zero-order valence-electron chi connectivity index (χ0n) is 11.2. The van der Waals surface area contributed by atoms with Crippen molar-refractivity contribution in [3.8, 4) is 0 Å². The molecule has 0 fully saturated rings. The molecular formula is C13H25IOSn. The van der Waals surface area contributed by atoms with Gasteiger partial charge in [0.25, 0.3) is 0 Å². The molecule has 0 saturated carbocycles. The summed E-state index contributed by atoms with van der Waals surface area (Å²) in [6, 6.07) is 0. The van der Waals surface area contributed by atoms with Gasteiger partial charge in [-0.05, 0) is 0 Å². The average Bonchev–Trinajstić information content (AvgIpc) is 2.21. The van der Waals surface area contributed by atoms with Crippen LogP contribution in [0.2, 0.25) is 14.8 Å². The molecule has 3 heteroatoms. The van der Waals surface area contributed by atoms with E-state index in [1.54, 1.807) is 3.59 Å². The third-order valence-corrected chi connectivity index (χ3v) is 11.0. The molecule has 1 nitrogen and oxygen atoms in total. The molecule has 0 aromatic heterocycles. The molecule has 0 aromatic rings. The van der Waals surface area contributed by atoms with Gasteiger partial charge in [-0.15, -0.1) is 0 Å². The summed E-state index contributed by atoms with van der Waals surface area (Å²) in [5.74, 6) is 0.394. The first-order valence-corrected chi connectivity index (χ1v) is 17.0. The molecule has 16 heavy (non-hydrogen) atoms. The van der Waals surface area contributed by atoms with E-state index in [1.807, 2.05) is 0 Å². The molecule has 0 aromatic carbocycles. The van der Waals surface area contributed by atoms with Crippen LogP contribution in [-0.4, -0.2) is 30.1 Å². The number of aliphatic hydroxyl groups is 1. The summed E-state index contributed by atoms with van der Waals surface area (Å²) in [5, 5.41) is 9.55. The number of halogens is 1. The molecule has 0 rings (SSSR count). The van der Waals surface area contributed by atoms with E-state index in [0.29, 0.717) is 12.5 Å². The third kappa shape index (κ3) is 6.05. The van der Waals surface area contributed by atoms with Crippen LogP contribution in [0.4, 0.5) is 0 Å². The van der Waals surface area contributed by atoms with Gasteiger partial charge in [-0.1, -0.05) is 0 Å². The van der Waals surface area contributed by atoms with Crippen LogP contribution in [0, 0.1) is 5.92 Å². The van der Waals surface area contributed by atoms with Crippen LogP contribution in [-0.2, 0) is 0 Å². The summed E-state index contributed by atoms with van der Waals surface area (Å²) in [6.07, 6.45) is 6.61. The first kappa shape index (κ1) is 17.0. The van der Waals surface area contributed by atoms with Gasteiger partial charge in [0, 0.05) is 0 Å². The number of allylic oxidation sites excluding steroid dienone is 3. The van der Waals surface area contributed by atoms with Crippen LogP contribution in [0.5, 0.6) is 0 Å². The van der Waals surface area contributed by atoms with Gasteiger partial charge in [0.05, 0.1) is 0 Å². The van der Waals surface area contributed by atoms with E-state index in [-0.39, 0.29) is 0 Å². The summed E-state index contributed by atoms with van der Waals surface area (Å²) >= 11 is 0.383. The van der Waals surface area contributed by atoms with Crippen molar-refractivity contribution in [3.63, 3.8) is 0 Å². The second kappa shape index (κ2) is 8.14. The van der Waals surface area contributed by atoms with Gasteiger partial charge in [-0.2, -0.15) is 0 Å².